The van der Waals surface area contributed by atoms with Crippen molar-refractivity contribution in [2.24, 2.45) is 5.73 Å². The lowest BCUT2D eigenvalue weighted by atomic mass is 10.3. The highest BCUT2D eigenvalue weighted by atomic mass is 16.5. The number of rotatable bonds is 1. The van der Waals surface area contributed by atoms with Crippen LogP contribution in [0.1, 0.15) is 7.43 Å². The molecule has 10 heavy (non-hydrogen) atoms. The summed E-state index contributed by atoms with van der Waals surface area (Å²) in [4.78, 5) is 2.24. The van der Waals surface area contributed by atoms with E-state index in [1.54, 1.807) is 0 Å². The summed E-state index contributed by atoms with van der Waals surface area (Å²) < 4.78 is 5.33. The van der Waals surface area contributed by atoms with Crippen LogP contribution in [0.25, 0.3) is 0 Å². The van der Waals surface area contributed by atoms with E-state index >= 15 is 0 Å². The average molecular weight is 146 g/mol. The van der Waals surface area contributed by atoms with E-state index in [0.717, 1.165) is 19.7 Å². The third-order valence-electron chi connectivity index (χ3n) is 1.60. The van der Waals surface area contributed by atoms with Gasteiger partial charge in [0.25, 0.3) is 0 Å². The maximum atomic E-state index is 5.41. The van der Waals surface area contributed by atoms with E-state index < -0.39 is 0 Å². The Balaban J connectivity index is 0.000000810. The van der Waals surface area contributed by atoms with Gasteiger partial charge >= 0.3 is 0 Å². The van der Waals surface area contributed by atoms with Crippen molar-refractivity contribution in [2.75, 3.05) is 33.3 Å². The van der Waals surface area contributed by atoms with Crippen molar-refractivity contribution >= 4 is 0 Å². The molecule has 1 fully saturated rings. The van der Waals surface area contributed by atoms with Gasteiger partial charge in [-0.2, -0.15) is 0 Å². The molecule has 2 N–H and O–H groups in total. The quantitative estimate of drug-likeness (QED) is 0.562. The Morgan fingerprint density at radius 1 is 1.70 bits per heavy atom. The maximum Gasteiger partial charge on any atom is 0.0824 e. The second-order valence-corrected chi connectivity index (χ2v) is 2.49. The number of morpholine rings is 1. The molecular formula is C7H18N2O. The van der Waals surface area contributed by atoms with E-state index in [1.807, 2.05) is 0 Å². The van der Waals surface area contributed by atoms with E-state index in [-0.39, 0.29) is 13.5 Å². The molecular weight excluding hydrogens is 128 g/mol. The number of nitrogens with zero attached hydrogens (tertiary/aromatic N) is 1. The molecule has 0 aromatic carbocycles. The van der Waals surface area contributed by atoms with Gasteiger partial charge < -0.3 is 15.4 Å². The van der Waals surface area contributed by atoms with Crippen LogP contribution in [0.2, 0.25) is 0 Å². The Morgan fingerprint density at radius 2 is 2.40 bits per heavy atom. The maximum absolute atomic E-state index is 5.41. The number of ether oxygens (including phenoxy) is 1. The SMILES string of the molecule is C.CN1CCO[C@@H](CN)C1. The first-order valence-corrected chi connectivity index (χ1v) is 3.33. The summed E-state index contributed by atoms with van der Waals surface area (Å²) in [5.41, 5.74) is 5.41. The van der Waals surface area contributed by atoms with E-state index in [0.29, 0.717) is 6.54 Å². The van der Waals surface area contributed by atoms with Gasteiger partial charge in [0.05, 0.1) is 12.7 Å². The summed E-state index contributed by atoms with van der Waals surface area (Å²) in [6.07, 6.45) is 0.267. The van der Waals surface area contributed by atoms with Gasteiger partial charge in [-0.3, -0.25) is 0 Å². The van der Waals surface area contributed by atoms with Crippen LogP contribution in [0.5, 0.6) is 0 Å². The predicted molar refractivity (Wildman–Crippen MR) is 43.0 cm³/mol. The predicted octanol–water partition coefficient (Wildman–Crippen LogP) is -0.0882. The fourth-order valence-corrected chi connectivity index (χ4v) is 1.01. The first kappa shape index (κ1) is 9.88. The molecule has 0 spiro atoms. The molecule has 1 atom stereocenters. The van der Waals surface area contributed by atoms with Crippen molar-refractivity contribution in [1.82, 2.24) is 4.90 Å². The monoisotopic (exact) mass is 146 g/mol. The molecule has 0 amide bonds. The highest BCUT2D eigenvalue weighted by Gasteiger charge is 2.14. The highest BCUT2D eigenvalue weighted by Crippen LogP contribution is 1.99. The zero-order valence-electron chi connectivity index (χ0n) is 5.84. The van der Waals surface area contributed by atoms with Gasteiger partial charge in [0.2, 0.25) is 0 Å². The molecule has 0 aromatic rings. The van der Waals surface area contributed by atoms with E-state index in [4.69, 9.17) is 10.5 Å². The molecule has 1 rings (SSSR count). The van der Waals surface area contributed by atoms with Crippen LogP contribution in [-0.2, 0) is 4.74 Å². The summed E-state index contributed by atoms with van der Waals surface area (Å²) in [6, 6.07) is 0. The Labute approximate surface area is 63.1 Å². The minimum absolute atomic E-state index is 0. The Kier molecular flexibility index (Phi) is 4.60. The smallest absolute Gasteiger partial charge is 0.0824 e. The van der Waals surface area contributed by atoms with Crippen LogP contribution in [0.4, 0.5) is 0 Å². The van der Waals surface area contributed by atoms with E-state index in [9.17, 15) is 0 Å². The minimum Gasteiger partial charge on any atom is -0.374 e. The third kappa shape index (κ3) is 2.64. The van der Waals surface area contributed by atoms with Gasteiger partial charge in [-0.15, -0.1) is 0 Å². The fourth-order valence-electron chi connectivity index (χ4n) is 1.01. The topological polar surface area (TPSA) is 38.5 Å². The second kappa shape index (κ2) is 4.66. The molecule has 0 saturated carbocycles. The van der Waals surface area contributed by atoms with Crippen LogP contribution in [0.3, 0.4) is 0 Å². The summed E-state index contributed by atoms with van der Waals surface area (Å²) in [5.74, 6) is 0. The normalized spacial score (nSPS) is 27.6. The minimum atomic E-state index is 0. The lowest BCUT2D eigenvalue weighted by molar-refractivity contribution is -0.0138. The van der Waals surface area contributed by atoms with Gasteiger partial charge in [0.15, 0.2) is 0 Å². The van der Waals surface area contributed by atoms with Crippen molar-refractivity contribution in [2.45, 2.75) is 13.5 Å². The molecule has 3 nitrogen and oxygen atoms in total. The zero-order chi connectivity index (χ0) is 6.69. The van der Waals surface area contributed by atoms with E-state index in [1.165, 1.54) is 0 Å². The first-order valence-electron chi connectivity index (χ1n) is 3.33. The van der Waals surface area contributed by atoms with Crippen LogP contribution in [0.15, 0.2) is 0 Å². The second-order valence-electron chi connectivity index (χ2n) is 2.49. The van der Waals surface area contributed by atoms with Crippen molar-refractivity contribution < 1.29 is 4.74 Å². The van der Waals surface area contributed by atoms with Crippen molar-refractivity contribution in [3.05, 3.63) is 0 Å². The molecule has 0 aromatic heterocycles. The van der Waals surface area contributed by atoms with Crippen molar-refractivity contribution in [3.8, 4) is 0 Å². The van der Waals surface area contributed by atoms with Gasteiger partial charge in [-0.05, 0) is 7.05 Å². The summed E-state index contributed by atoms with van der Waals surface area (Å²) in [5, 5.41) is 0. The zero-order valence-corrected chi connectivity index (χ0v) is 5.84. The highest BCUT2D eigenvalue weighted by molar-refractivity contribution is 4.68. The lowest BCUT2D eigenvalue weighted by Crippen LogP contribution is -2.43. The summed E-state index contributed by atoms with van der Waals surface area (Å²) in [6.45, 7) is 3.50. The van der Waals surface area contributed by atoms with Gasteiger partial charge in [-0.25, -0.2) is 0 Å². The number of likely N-dealkylation sites (N-methyl/N-ethyl adjacent to an activating group) is 1. The number of hydrogen-bond acceptors (Lipinski definition) is 3. The Morgan fingerprint density at radius 3 is 2.80 bits per heavy atom. The summed E-state index contributed by atoms with van der Waals surface area (Å²) >= 11 is 0. The van der Waals surface area contributed by atoms with Gasteiger partial charge in [-0.1, -0.05) is 7.43 Å². The molecule has 3 heteroatoms. The lowest BCUT2D eigenvalue weighted by Gasteiger charge is -2.28. The average Bonchev–Trinajstić information content (AvgIpc) is 1.88. The molecule has 1 heterocycles. The van der Waals surface area contributed by atoms with Gasteiger partial charge in [0, 0.05) is 19.6 Å². The molecule has 1 saturated heterocycles. The standard InChI is InChI=1S/C6H14N2O.CH4/c1-8-2-3-9-6(4-7)5-8;/h6H,2-5,7H2,1H3;1H4/t6-;/m0./s1. The largest absolute Gasteiger partial charge is 0.374 e. The van der Waals surface area contributed by atoms with E-state index in [2.05, 4.69) is 11.9 Å². The molecule has 0 radical (unpaired) electrons. The Hall–Kier alpha value is -0.120. The molecule has 62 valence electrons. The summed E-state index contributed by atoms with van der Waals surface area (Å²) in [7, 11) is 2.09. The molecule has 1 aliphatic heterocycles. The van der Waals surface area contributed by atoms with Crippen LogP contribution < -0.4 is 5.73 Å². The van der Waals surface area contributed by atoms with Crippen LogP contribution in [-0.4, -0.2) is 44.3 Å². The first-order chi connectivity index (χ1) is 4.33. The Bertz CT molecular complexity index is 87.7. The molecule has 0 unspecified atom stereocenters. The van der Waals surface area contributed by atoms with Crippen molar-refractivity contribution in [1.29, 1.82) is 0 Å². The van der Waals surface area contributed by atoms with Crippen LogP contribution >= 0.6 is 0 Å². The van der Waals surface area contributed by atoms with Gasteiger partial charge in [0.1, 0.15) is 0 Å². The number of hydrogen-bond donors (Lipinski definition) is 1. The van der Waals surface area contributed by atoms with Crippen LogP contribution in [0, 0.1) is 0 Å². The number of nitrogens with two attached hydrogens (primary N) is 1. The molecule has 0 aliphatic carbocycles. The van der Waals surface area contributed by atoms with Crippen molar-refractivity contribution in [3.63, 3.8) is 0 Å². The third-order valence-corrected chi connectivity index (χ3v) is 1.60. The fraction of sp³-hybridized carbons (Fsp3) is 1.00. The molecule has 0 bridgehead atoms. The molecule has 1 aliphatic rings.